The van der Waals surface area contributed by atoms with Gasteiger partial charge in [0, 0.05) is 24.5 Å². The van der Waals surface area contributed by atoms with Crippen LogP contribution < -0.4 is 10.1 Å². The van der Waals surface area contributed by atoms with Crippen LogP contribution >= 0.6 is 0 Å². The molecule has 128 valence electrons. The Morgan fingerprint density at radius 3 is 2.69 bits per heavy atom. The first-order valence-electron chi connectivity index (χ1n) is 7.97. The summed E-state index contributed by atoms with van der Waals surface area (Å²) >= 11 is 0. The maximum Gasteiger partial charge on any atom is 0.417 e. The van der Waals surface area contributed by atoms with Gasteiger partial charge in [0.2, 0.25) is 0 Å². The molecule has 1 amide bonds. The number of aromatic nitrogens is 4. The smallest absolute Gasteiger partial charge is 0.410 e. The third-order valence-corrected chi connectivity index (χ3v) is 3.74. The molecule has 0 bridgehead atoms. The van der Waals surface area contributed by atoms with Crippen LogP contribution in [0.5, 0.6) is 5.75 Å². The van der Waals surface area contributed by atoms with E-state index >= 15 is 0 Å². The van der Waals surface area contributed by atoms with Gasteiger partial charge in [0.1, 0.15) is 5.75 Å². The highest BCUT2D eigenvalue weighted by molar-refractivity contribution is 5.90. The molecule has 0 saturated heterocycles. The van der Waals surface area contributed by atoms with E-state index in [2.05, 4.69) is 20.4 Å². The first-order valence-corrected chi connectivity index (χ1v) is 7.97. The Kier molecular flexibility index (Phi) is 4.03. The monoisotopic (exact) mass is 345 g/mol. The molecule has 0 atom stereocenters. The van der Waals surface area contributed by atoms with Crippen LogP contribution in [0.2, 0.25) is 0 Å². The summed E-state index contributed by atoms with van der Waals surface area (Å²) in [6.07, 6.45) is 4.74. The van der Waals surface area contributed by atoms with Crippen LogP contribution in [0.25, 0.3) is 22.3 Å². The van der Waals surface area contributed by atoms with Gasteiger partial charge >= 0.3 is 6.09 Å². The quantitative estimate of drug-likeness (QED) is 0.613. The number of ether oxygens (including phenoxy) is 1. The minimum atomic E-state index is -0.563. The van der Waals surface area contributed by atoms with Crippen LogP contribution in [0, 0.1) is 0 Å². The molecular formula is C19H15N5O2. The second-order valence-electron chi connectivity index (χ2n) is 5.69. The first kappa shape index (κ1) is 15.8. The van der Waals surface area contributed by atoms with E-state index in [9.17, 15) is 4.79 Å². The lowest BCUT2D eigenvalue weighted by Crippen LogP contribution is -2.16. The summed E-state index contributed by atoms with van der Waals surface area (Å²) in [4.78, 5) is 21.0. The lowest BCUT2D eigenvalue weighted by molar-refractivity contribution is 0.215. The van der Waals surface area contributed by atoms with Crippen molar-refractivity contribution >= 4 is 22.8 Å². The molecule has 2 aromatic heterocycles. The molecule has 2 heterocycles. The van der Waals surface area contributed by atoms with Crippen LogP contribution in [-0.4, -0.2) is 25.8 Å². The molecule has 7 nitrogen and oxygen atoms in total. The third-order valence-electron chi connectivity index (χ3n) is 3.74. The molecular weight excluding hydrogens is 330 g/mol. The van der Waals surface area contributed by atoms with Gasteiger partial charge in [-0.1, -0.05) is 18.2 Å². The van der Waals surface area contributed by atoms with Crippen LogP contribution in [0.4, 0.5) is 10.5 Å². The molecule has 0 unspecified atom stereocenters. The van der Waals surface area contributed by atoms with Gasteiger partial charge < -0.3 is 4.74 Å². The number of carbonyl (C=O) groups is 1. The highest BCUT2D eigenvalue weighted by Gasteiger charge is 2.08. The van der Waals surface area contributed by atoms with Gasteiger partial charge in [-0.15, -0.1) is 0 Å². The lowest BCUT2D eigenvalue weighted by Gasteiger charge is -2.07. The summed E-state index contributed by atoms with van der Waals surface area (Å²) in [5.41, 5.74) is 3.58. The second-order valence-corrected chi connectivity index (χ2v) is 5.69. The summed E-state index contributed by atoms with van der Waals surface area (Å²) in [6, 6.07) is 14.2. The van der Waals surface area contributed by atoms with E-state index in [0.717, 1.165) is 16.8 Å². The highest BCUT2D eigenvalue weighted by atomic mass is 16.6. The lowest BCUT2D eigenvalue weighted by atomic mass is 10.2. The third kappa shape index (κ3) is 3.36. The molecule has 1 N–H and O–H groups in total. The van der Waals surface area contributed by atoms with Gasteiger partial charge in [0.05, 0.1) is 29.1 Å². The minimum absolute atomic E-state index is 0.476. The van der Waals surface area contributed by atoms with Crippen molar-refractivity contribution in [3.8, 4) is 17.0 Å². The zero-order valence-electron chi connectivity index (χ0n) is 14.0. The fourth-order valence-corrected chi connectivity index (χ4v) is 2.52. The fraction of sp³-hybridized carbons (Fsp3) is 0.0526. The number of hydrogen-bond acceptors (Lipinski definition) is 5. The van der Waals surface area contributed by atoms with E-state index in [1.54, 1.807) is 59.5 Å². The summed E-state index contributed by atoms with van der Waals surface area (Å²) < 4.78 is 6.94. The van der Waals surface area contributed by atoms with Gasteiger partial charge in [-0.25, -0.2) is 9.78 Å². The Morgan fingerprint density at radius 1 is 1.08 bits per heavy atom. The van der Waals surface area contributed by atoms with Crippen molar-refractivity contribution < 1.29 is 9.53 Å². The van der Waals surface area contributed by atoms with E-state index in [1.165, 1.54) is 0 Å². The molecule has 0 aliphatic rings. The average molecular weight is 345 g/mol. The average Bonchev–Trinajstić information content (AvgIpc) is 3.08. The number of para-hydroxylation sites is 1. The van der Waals surface area contributed by atoms with E-state index in [-0.39, 0.29) is 0 Å². The van der Waals surface area contributed by atoms with Crippen molar-refractivity contribution in [2.45, 2.75) is 0 Å². The number of nitrogens with zero attached hydrogens (tertiary/aromatic N) is 4. The first-order chi connectivity index (χ1) is 12.7. The van der Waals surface area contributed by atoms with Crippen LogP contribution in [0.15, 0.2) is 67.1 Å². The Hall–Kier alpha value is -3.74. The number of nitrogens with one attached hydrogen (secondary N) is 1. The number of aryl methyl sites for hydroxylation is 1. The Bertz CT molecular complexity index is 1080. The molecule has 0 aliphatic heterocycles. The number of carbonyl (C=O) groups excluding carboxylic acids is 1. The fourth-order valence-electron chi connectivity index (χ4n) is 2.52. The summed E-state index contributed by atoms with van der Waals surface area (Å²) in [5.74, 6) is 0.476. The predicted octanol–water partition coefficient (Wildman–Crippen LogP) is 3.64. The molecule has 7 heteroatoms. The highest BCUT2D eigenvalue weighted by Crippen LogP contribution is 2.21. The topological polar surface area (TPSA) is 81.9 Å². The van der Waals surface area contributed by atoms with Gasteiger partial charge in [-0.2, -0.15) is 5.10 Å². The predicted molar refractivity (Wildman–Crippen MR) is 97.8 cm³/mol. The summed E-state index contributed by atoms with van der Waals surface area (Å²) in [5, 5.41) is 6.85. The molecule has 0 radical (unpaired) electrons. The molecule has 0 aliphatic carbocycles. The molecule has 4 aromatic rings. The Morgan fingerprint density at radius 2 is 1.92 bits per heavy atom. The van der Waals surface area contributed by atoms with Crippen LogP contribution in [-0.2, 0) is 7.05 Å². The van der Waals surface area contributed by atoms with Crippen molar-refractivity contribution in [1.29, 1.82) is 0 Å². The zero-order valence-corrected chi connectivity index (χ0v) is 14.0. The molecule has 0 saturated carbocycles. The van der Waals surface area contributed by atoms with Crippen molar-refractivity contribution in [1.82, 2.24) is 19.7 Å². The van der Waals surface area contributed by atoms with Crippen LogP contribution in [0.3, 0.4) is 0 Å². The van der Waals surface area contributed by atoms with E-state index in [4.69, 9.17) is 4.74 Å². The number of fused-ring (bicyclic) bond motifs is 1. The van der Waals surface area contributed by atoms with Gasteiger partial charge in [0.25, 0.3) is 0 Å². The molecule has 0 fully saturated rings. The minimum Gasteiger partial charge on any atom is -0.410 e. The Balaban J connectivity index is 1.57. The normalized spacial score (nSPS) is 10.7. The number of amides is 1. The second kappa shape index (κ2) is 6.64. The van der Waals surface area contributed by atoms with Crippen molar-refractivity contribution in [3.05, 3.63) is 67.1 Å². The summed E-state index contributed by atoms with van der Waals surface area (Å²) in [7, 11) is 1.85. The molecule has 2 aromatic carbocycles. The number of benzene rings is 2. The largest absolute Gasteiger partial charge is 0.417 e. The van der Waals surface area contributed by atoms with E-state index in [0.29, 0.717) is 17.0 Å². The molecule has 26 heavy (non-hydrogen) atoms. The molecule has 0 spiro atoms. The van der Waals surface area contributed by atoms with Crippen LogP contribution in [0.1, 0.15) is 0 Å². The SMILES string of the molecule is Cn1cc(-c2cnc3ccc(NC(=O)Oc4ccccc4)cc3n2)cn1. The van der Waals surface area contributed by atoms with Gasteiger partial charge in [-0.05, 0) is 30.3 Å². The number of anilines is 1. The molecule has 4 rings (SSSR count). The number of rotatable bonds is 3. The van der Waals surface area contributed by atoms with Gasteiger partial charge in [-0.3, -0.25) is 15.0 Å². The summed E-state index contributed by atoms with van der Waals surface area (Å²) in [6.45, 7) is 0. The maximum atomic E-state index is 12.0. The zero-order chi connectivity index (χ0) is 17.9. The van der Waals surface area contributed by atoms with Crippen molar-refractivity contribution in [2.75, 3.05) is 5.32 Å². The van der Waals surface area contributed by atoms with E-state index < -0.39 is 6.09 Å². The number of hydrogen-bond donors (Lipinski definition) is 1. The van der Waals surface area contributed by atoms with Crippen molar-refractivity contribution in [3.63, 3.8) is 0 Å². The Labute approximate surface area is 149 Å². The van der Waals surface area contributed by atoms with E-state index in [1.807, 2.05) is 19.3 Å². The standard InChI is InChI=1S/C19H15N5O2/c1-24-12-13(10-21-24)18-11-20-16-8-7-14(9-17(16)23-18)22-19(25)26-15-5-3-2-4-6-15/h2-12H,1H3,(H,22,25). The van der Waals surface area contributed by atoms with Crippen molar-refractivity contribution in [2.24, 2.45) is 7.05 Å². The van der Waals surface area contributed by atoms with Gasteiger partial charge in [0.15, 0.2) is 0 Å². The maximum absolute atomic E-state index is 12.0.